The number of aliphatic hydroxyl groups is 1. The highest BCUT2D eigenvalue weighted by Gasteiger charge is 2.25. The number of fused-ring (bicyclic) bond motifs is 1. The van der Waals surface area contributed by atoms with E-state index in [0.717, 1.165) is 5.56 Å². The number of rotatable bonds is 8. The van der Waals surface area contributed by atoms with Crippen molar-refractivity contribution in [3.05, 3.63) is 52.8 Å². The van der Waals surface area contributed by atoms with Crippen molar-refractivity contribution in [1.82, 2.24) is 30.1 Å². The lowest BCUT2D eigenvalue weighted by Gasteiger charge is -2.28. The number of carbonyl (C=O) groups excluding carboxylic acids is 2. The number of halogens is 1. The second kappa shape index (κ2) is 11.2. The van der Waals surface area contributed by atoms with Crippen LogP contribution in [-0.2, 0) is 22.4 Å². The van der Waals surface area contributed by atoms with Crippen molar-refractivity contribution >= 4 is 17.8 Å². The molecule has 1 aliphatic heterocycles. The lowest BCUT2D eigenvalue weighted by atomic mass is 9.97. The van der Waals surface area contributed by atoms with Gasteiger partial charge in [-0.15, -0.1) is 5.10 Å². The summed E-state index contributed by atoms with van der Waals surface area (Å²) >= 11 is 0. The maximum Gasteiger partial charge on any atom is 0.410 e. The number of hydrogen-bond acceptors (Lipinski definition) is 9. The minimum Gasteiger partial charge on any atom is -0.447 e. The fourth-order valence-electron chi connectivity index (χ4n) is 3.76. The third kappa shape index (κ3) is 5.47. The van der Waals surface area contributed by atoms with E-state index in [-0.39, 0.29) is 43.8 Å². The number of nitrogens with zero attached hydrogens (tertiary/aromatic N) is 6. The number of pyridine rings is 1. The summed E-state index contributed by atoms with van der Waals surface area (Å²) in [6, 6.07) is 7.25. The van der Waals surface area contributed by atoms with Crippen LogP contribution in [0.1, 0.15) is 34.5 Å². The molecule has 190 valence electrons. The van der Waals surface area contributed by atoms with Gasteiger partial charge in [0.15, 0.2) is 0 Å². The molecule has 0 saturated carbocycles. The molecule has 0 bridgehead atoms. The summed E-state index contributed by atoms with van der Waals surface area (Å²) in [6.45, 7) is 2.57. The zero-order chi connectivity index (χ0) is 25.7. The second-order valence-electron chi connectivity index (χ2n) is 8.22. The first-order valence-corrected chi connectivity index (χ1v) is 11.3. The number of hydrogen-bond donors (Lipinski definition) is 2. The van der Waals surface area contributed by atoms with Crippen LogP contribution in [0.2, 0.25) is 0 Å². The van der Waals surface area contributed by atoms with Gasteiger partial charge in [0.05, 0.1) is 24.8 Å². The van der Waals surface area contributed by atoms with Crippen molar-refractivity contribution < 1.29 is 28.6 Å². The molecule has 3 heterocycles. The number of anilines is 1. The van der Waals surface area contributed by atoms with Crippen LogP contribution in [0.15, 0.2) is 30.3 Å². The topological polar surface area (TPSA) is 145 Å². The molecular formula is C23H26FN7O5. The van der Waals surface area contributed by atoms with Crippen LogP contribution in [0.3, 0.4) is 0 Å². The Kier molecular flexibility index (Phi) is 7.80. The Balaban J connectivity index is 1.50. The van der Waals surface area contributed by atoms with Crippen LogP contribution in [0.4, 0.5) is 15.0 Å². The molecule has 0 spiro atoms. The van der Waals surface area contributed by atoms with E-state index in [1.54, 1.807) is 25.1 Å². The highest BCUT2D eigenvalue weighted by atomic mass is 19.1. The lowest BCUT2D eigenvalue weighted by Crippen LogP contribution is -2.37. The third-order valence-electron chi connectivity index (χ3n) is 5.71. The Labute approximate surface area is 206 Å². The number of methoxy groups -OCH3 is 1. The summed E-state index contributed by atoms with van der Waals surface area (Å²) in [5.41, 5.74) is 1.59. The molecule has 0 fully saturated rings. The number of carbonyl (C=O) groups is 2. The van der Waals surface area contributed by atoms with Crippen LogP contribution in [0.5, 0.6) is 0 Å². The van der Waals surface area contributed by atoms with Gasteiger partial charge < -0.3 is 24.8 Å². The van der Waals surface area contributed by atoms with Gasteiger partial charge in [-0.25, -0.2) is 18.9 Å². The zero-order valence-corrected chi connectivity index (χ0v) is 19.8. The molecule has 1 aliphatic rings. The van der Waals surface area contributed by atoms with E-state index < -0.39 is 17.8 Å². The molecule has 0 aliphatic carbocycles. The molecule has 13 heteroatoms. The Morgan fingerprint density at radius 3 is 2.86 bits per heavy atom. The van der Waals surface area contributed by atoms with Gasteiger partial charge in [0.25, 0.3) is 5.91 Å². The first kappa shape index (κ1) is 25.1. The Morgan fingerprint density at radius 2 is 2.08 bits per heavy atom. The number of amides is 2. The Bertz CT molecular complexity index is 1250. The molecule has 3 aromatic rings. The molecule has 2 N–H and O–H groups in total. The number of aliphatic hydroxyl groups excluding tert-OH is 1. The molecular weight excluding hydrogens is 473 g/mol. The van der Waals surface area contributed by atoms with Crippen LogP contribution >= 0.6 is 0 Å². The first-order chi connectivity index (χ1) is 17.4. The summed E-state index contributed by atoms with van der Waals surface area (Å²) < 4.78 is 26.3. The molecule has 0 saturated heterocycles. The van der Waals surface area contributed by atoms with Crippen molar-refractivity contribution in [3.63, 3.8) is 0 Å². The fraction of sp³-hybridized carbons (Fsp3) is 0.391. The van der Waals surface area contributed by atoms with Crippen LogP contribution < -0.4 is 5.32 Å². The second-order valence-corrected chi connectivity index (χ2v) is 8.22. The van der Waals surface area contributed by atoms with Gasteiger partial charge in [0, 0.05) is 20.2 Å². The number of benzene rings is 1. The highest BCUT2D eigenvalue weighted by Crippen LogP contribution is 2.24. The minimum absolute atomic E-state index is 0.132. The molecule has 12 nitrogen and oxygen atoms in total. The summed E-state index contributed by atoms with van der Waals surface area (Å²) in [5.74, 6) is -0.878. The average molecular weight is 500 g/mol. The van der Waals surface area contributed by atoms with Gasteiger partial charge in [-0.05, 0) is 59.2 Å². The predicted molar refractivity (Wildman–Crippen MR) is 125 cm³/mol. The quantitative estimate of drug-likeness (QED) is 0.443. The largest absolute Gasteiger partial charge is 0.447 e. The first-order valence-electron chi connectivity index (χ1n) is 11.3. The summed E-state index contributed by atoms with van der Waals surface area (Å²) in [6.07, 6.45) is -0.0510. The van der Waals surface area contributed by atoms with Crippen LogP contribution in [-0.4, -0.2) is 80.7 Å². The van der Waals surface area contributed by atoms with E-state index in [1.165, 1.54) is 28.8 Å². The normalized spacial score (nSPS) is 13.7. The van der Waals surface area contributed by atoms with E-state index >= 15 is 0 Å². The van der Waals surface area contributed by atoms with E-state index in [9.17, 15) is 19.1 Å². The predicted octanol–water partition coefficient (Wildman–Crippen LogP) is 1.82. The fourth-order valence-corrected chi connectivity index (χ4v) is 3.76. The smallest absolute Gasteiger partial charge is 0.410 e. The maximum atomic E-state index is 14.8. The molecule has 1 atom stereocenters. The lowest BCUT2D eigenvalue weighted by molar-refractivity contribution is 0.0688. The van der Waals surface area contributed by atoms with Gasteiger partial charge >= 0.3 is 6.09 Å². The number of ether oxygens (including phenoxy) is 2. The molecule has 1 aromatic carbocycles. The van der Waals surface area contributed by atoms with Crippen molar-refractivity contribution in [2.24, 2.45) is 0 Å². The van der Waals surface area contributed by atoms with Crippen LogP contribution in [0, 0.1) is 5.82 Å². The molecule has 36 heavy (non-hydrogen) atoms. The molecule has 4 rings (SSSR count). The summed E-state index contributed by atoms with van der Waals surface area (Å²) in [4.78, 5) is 31.1. The SMILES string of the molecule is COCCOC(=O)N1CCc2cc(F)c(C(=O)Nc3cccc(-c4nnnn4[C@H](C)CO)n3)cc2C1. The van der Waals surface area contributed by atoms with E-state index in [4.69, 9.17) is 9.47 Å². The maximum absolute atomic E-state index is 14.8. The number of aromatic nitrogens is 5. The van der Waals surface area contributed by atoms with Crippen molar-refractivity contribution in [2.45, 2.75) is 25.9 Å². The van der Waals surface area contributed by atoms with E-state index in [1.807, 2.05) is 0 Å². The summed E-state index contributed by atoms with van der Waals surface area (Å²) in [7, 11) is 1.51. The van der Waals surface area contributed by atoms with Gasteiger partial charge in [0.2, 0.25) is 5.82 Å². The van der Waals surface area contributed by atoms with Crippen molar-refractivity contribution in [3.8, 4) is 11.5 Å². The third-order valence-corrected chi connectivity index (χ3v) is 5.71. The highest BCUT2D eigenvalue weighted by molar-refractivity contribution is 6.04. The van der Waals surface area contributed by atoms with E-state index in [2.05, 4.69) is 25.8 Å². The molecule has 0 unspecified atom stereocenters. The van der Waals surface area contributed by atoms with Crippen molar-refractivity contribution in [2.75, 3.05) is 38.8 Å². The van der Waals surface area contributed by atoms with Gasteiger partial charge in [-0.3, -0.25) is 4.79 Å². The summed E-state index contributed by atoms with van der Waals surface area (Å²) in [5, 5.41) is 23.5. The van der Waals surface area contributed by atoms with Crippen LogP contribution in [0.25, 0.3) is 11.5 Å². The van der Waals surface area contributed by atoms with Gasteiger partial charge in [0.1, 0.15) is 23.9 Å². The molecule has 2 aromatic heterocycles. The van der Waals surface area contributed by atoms with E-state index in [0.29, 0.717) is 30.0 Å². The Morgan fingerprint density at radius 1 is 1.25 bits per heavy atom. The van der Waals surface area contributed by atoms with Gasteiger partial charge in [-0.2, -0.15) is 0 Å². The monoisotopic (exact) mass is 499 g/mol. The standard InChI is InChI=1S/C23H26FN7O5/c1-14(13-32)31-21(27-28-29-31)19-4-3-5-20(25-19)26-22(33)17-10-16-12-30(23(34)36-9-8-35-2)7-6-15(16)11-18(17)24/h3-5,10-11,14,32H,6-9,12-13H2,1-2H3,(H,25,26,33)/t14-/m1/s1. The number of nitrogens with one attached hydrogen (secondary N) is 1. The zero-order valence-electron chi connectivity index (χ0n) is 19.8. The Hall–Kier alpha value is -3.97. The molecule has 0 radical (unpaired) electrons. The van der Waals surface area contributed by atoms with Crippen molar-refractivity contribution in [1.29, 1.82) is 0 Å². The average Bonchev–Trinajstić information content (AvgIpc) is 3.38. The minimum atomic E-state index is -0.692. The van der Waals surface area contributed by atoms with Gasteiger partial charge in [-0.1, -0.05) is 6.07 Å². The molecule has 2 amide bonds. The number of tetrazole rings is 1.